The molecule has 0 fully saturated rings. The zero-order valence-electron chi connectivity index (χ0n) is 9.59. The highest BCUT2D eigenvalue weighted by molar-refractivity contribution is 5.80. The van der Waals surface area contributed by atoms with Gasteiger partial charge in [0, 0.05) is 11.1 Å². The number of allylic oxidation sites excluding steroid dienone is 2. The molecule has 2 nitrogen and oxygen atoms in total. The summed E-state index contributed by atoms with van der Waals surface area (Å²) in [5.41, 5.74) is 1.18. The normalized spacial score (nSPS) is 13.0. The molecule has 1 aliphatic rings. The van der Waals surface area contributed by atoms with Gasteiger partial charge in [0.05, 0.1) is 5.92 Å². The second-order valence-corrected chi connectivity index (χ2v) is 3.75. The number of benzene rings is 1. The second kappa shape index (κ2) is 5.08. The van der Waals surface area contributed by atoms with Crippen LogP contribution in [0.1, 0.15) is 11.1 Å². The summed E-state index contributed by atoms with van der Waals surface area (Å²) >= 11 is 0. The van der Waals surface area contributed by atoms with Crippen molar-refractivity contribution in [2.24, 2.45) is 5.92 Å². The van der Waals surface area contributed by atoms with Crippen molar-refractivity contribution in [3.8, 4) is 30.4 Å². The highest BCUT2D eigenvalue weighted by Crippen LogP contribution is 2.19. The number of hydrogen-bond donors (Lipinski definition) is 0. The molecule has 0 heterocycles. The summed E-state index contributed by atoms with van der Waals surface area (Å²) in [6.07, 6.45) is 17.8. The Hall–Kier alpha value is -2.71. The maximum absolute atomic E-state index is 11.8. The topological polar surface area (TPSA) is 26.3 Å². The molecule has 0 saturated heterocycles. The molecule has 86 valence electrons. The fourth-order valence-corrected chi connectivity index (χ4v) is 1.60. The van der Waals surface area contributed by atoms with E-state index in [2.05, 4.69) is 11.8 Å². The van der Waals surface area contributed by atoms with Crippen molar-refractivity contribution in [2.75, 3.05) is 0 Å². The number of rotatable bonds is 2. The molecule has 0 radical (unpaired) electrons. The third-order valence-corrected chi connectivity index (χ3v) is 2.48. The Morgan fingerprint density at radius 3 is 2.11 bits per heavy atom. The van der Waals surface area contributed by atoms with Gasteiger partial charge in [-0.1, -0.05) is 36.1 Å². The van der Waals surface area contributed by atoms with E-state index in [1.165, 1.54) is 0 Å². The van der Waals surface area contributed by atoms with E-state index in [0.29, 0.717) is 16.9 Å². The zero-order chi connectivity index (χ0) is 13.0. The van der Waals surface area contributed by atoms with Crippen molar-refractivity contribution in [1.29, 1.82) is 0 Å². The van der Waals surface area contributed by atoms with E-state index < -0.39 is 0 Å². The largest absolute Gasteiger partial charge is 0.426 e. The first kappa shape index (κ1) is 11.8. The Bertz CT molecular complexity index is 577. The lowest BCUT2D eigenvalue weighted by molar-refractivity contribution is -0.135. The van der Waals surface area contributed by atoms with E-state index in [-0.39, 0.29) is 11.9 Å². The third-order valence-electron chi connectivity index (χ3n) is 2.48. The van der Waals surface area contributed by atoms with Gasteiger partial charge in [0.15, 0.2) is 0 Å². The highest BCUT2D eigenvalue weighted by Gasteiger charge is 2.16. The number of carbonyl (C=O) groups is 1. The molecule has 0 amide bonds. The molecule has 0 saturated carbocycles. The molecule has 1 aromatic rings. The summed E-state index contributed by atoms with van der Waals surface area (Å²) in [6.45, 7) is 0. The maximum Gasteiger partial charge on any atom is 0.322 e. The minimum absolute atomic E-state index is 0.339. The van der Waals surface area contributed by atoms with Crippen LogP contribution in [-0.4, -0.2) is 5.97 Å². The van der Waals surface area contributed by atoms with E-state index in [1.54, 1.807) is 42.5 Å². The second-order valence-electron chi connectivity index (χ2n) is 3.75. The Morgan fingerprint density at radius 1 is 1.06 bits per heavy atom. The predicted molar refractivity (Wildman–Crippen MR) is 69.7 cm³/mol. The van der Waals surface area contributed by atoms with Crippen LogP contribution in [0.4, 0.5) is 0 Å². The van der Waals surface area contributed by atoms with Crippen LogP contribution in [0.15, 0.2) is 42.5 Å². The third kappa shape index (κ3) is 2.51. The summed E-state index contributed by atoms with van der Waals surface area (Å²) in [5, 5.41) is 0. The molecule has 18 heavy (non-hydrogen) atoms. The molecule has 0 spiro atoms. The molecule has 2 rings (SSSR count). The van der Waals surface area contributed by atoms with Gasteiger partial charge in [-0.2, -0.15) is 0 Å². The van der Waals surface area contributed by atoms with Crippen LogP contribution in [0.2, 0.25) is 0 Å². The molecule has 0 atom stereocenters. The smallest absolute Gasteiger partial charge is 0.322 e. The van der Waals surface area contributed by atoms with Crippen molar-refractivity contribution in [3.05, 3.63) is 53.6 Å². The Balaban J connectivity index is 2.21. The van der Waals surface area contributed by atoms with Crippen molar-refractivity contribution in [2.45, 2.75) is 0 Å². The summed E-state index contributed by atoms with van der Waals surface area (Å²) in [4.78, 5) is 11.8. The highest BCUT2D eigenvalue weighted by atomic mass is 16.5. The summed E-state index contributed by atoms with van der Waals surface area (Å²) < 4.78 is 5.25. The molecule has 0 N–H and O–H groups in total. The quantitative estimate of drug-likeness (QED) is 0.446. The molecule has 0 aromatic heterocycles. The summed E-state index contributed by atoms with van der Waals surface area (Å²) in [7, 11) is 0. The molecule has 0 bridgehead atoms. The van der Waals surface area contributed by atoms with Crippen LogP contribution in [0.3, 0.4) is 0 Å². The fourth-order valence-electron chi connectivity index (χ4n) is 1.60. The average molecular weight is 234 g/mol. The van der Waals surface area contributed by atoms with Gasteiger partial charge < -0.3 is 4.74 Å². The Labute approximate surface area is 106 Å². The lowest BCUT2D eigenvalue weighted by Crippen LogP contribution is -2.16. The maximum atomic E-state index is 11.8. The number of hydrogen-bond acceptors (Lipinski definition) is 2. The van der Waals surface area contributed by atoms with Crippen molar-refractivity contribution in [3.63, 3.8) is 0 Å². The van der Waals surface area contributed by atoms with Crippen LogP contribution < -0.4 is 4.74 Å². The standard InChI is InChI=1S/C16H10O2/c1-3-12-9-13(4-2)11-15(10-12)18-16(17)14-7-5-6-8-14/h1-2,5-11,14H. The Morgan fingerprint density at radius 2 is 1.61 bits per heavy atom. The van der Waals surface area contributed by atoms with Crippen molar-refractivity contribution >= 4 is 5.97 Å². The number of ether oxygens (including phenoxy) is 1. The predicted octanol–water partition coefficient (Wildman–Crippen LogP) is 2.30. The van der Waals surface area contributed by atoms with E-state index in [4.69, 9.17) is 17.6 Å². The van der Waals surface area contributed by atoms with Crippen LogP contribution in [0, 0.1) is 30.6 Å². The van der Waals surface area contributed by atoms with Crippen molar-refractivity contribution < 1.29 is 9.53 Å². The van der Waals surface area contributed by atoms with E-state index in [1.807, 2.05) is 0 Å². The van der Waals surface area contributed by atoms with Gasteiger partial charge in [-0.25, -0.2) is 0 Å². The average Bonchev–Trinajstić information content (AvgIpc) is 2.92. The van der Waals surface area contributed by atoms with Gasteiger partial charge in [0.25, 0.3) is 0 Å². The first-order chi connectivity index (χ1) is 8.72. The summed E-state index contributed by atoms with van der Waals surface area (Å²) in [5.74, 6) is 4.62. The molecular formula is C16H10O2. The minimum atomic E-state index is -0.350. The minimum Gasteiger partial charge on any atom is -0.426 e. The van der Waals surface area contributed by atoms with Crippen molar-refractivity contribution in [1.82, 2.24) is 0 Å². The van der Waals surface area contributed by atoms with Gasteiger partial charge in [0.2, 0.25) is 0 Å². The van der Waals surface area contributed by atoms with E-state index in [0.717, 1.165) is 0 Å². The first-order valence-corrected chi connectivity index (χ1v) is 5.38. The number of terminal acetylenes is 2. The van der Waals surface area contributed by atoms with Gasteiger partial charge in [-0.3, -0.25) is 4.79 Å². The number of esters is 1. The monoisotopic (exact) mass is 234 g/mol. The first-order valence-electron chi connectivity index (χ1n) is 5.38. The SMILES string of the molecule is C#Cc1cc(C#C)cc(OC(=O)C2C=CC=C2)c1. The molecule has 0 unspecified atom stereocenters. The van der Waals surface area contributed by atoms with Crippen LogP contribution in [0.5, 0.6) is 5.75 Å². The molecule has 1 aliphatic carbocycles. The van der Waals surface area contributed by atoms with Gasteiger partial charge >= 0.3 is 5.97 Å². The lowest BCUT2D eigenvalue weighted by atomic mass is 10.1. The number of carbonyl (C=O) groups excluding carboxylic acids is 1. The fraction of sp³-hybridized carbons (Fsp3) is 0.0625. The van der Waals surface area contributed by atoms with Crippen LogP contribution in [0.25, 0.3) is 0 Å². The van der Waals surface area contributed by atoms with Gasteiger partial charge in [-0.05, 0) is 18.2 Å². The Kier molecular flexibility index (Phi) is 3.32. The van der Waals surface area contributed by atoms with Crippen LogP contribution >= 0.6 is 0 Å². The van der Waals surface area contributed by atoms with Crippen LogP contribution in [-0.2, 0) is 4.79 Å². The molecule has 2 heteroatoms. The van der Waals surface area contributed by atoms with Gasteiger partial charge in [-0.15, -0.1) is 12.8 Å². The van der Waals surface area contributed by atoms with Gasteiger partial charge in [0.1, 0.15) is 5.75 Å². The molecule has 1 aromatic carbocycles. The lowest BCUT2D eigenvalue weighted by Gasteiger charge is -2.08. The molecule has 0 aliphatic heterocycles. The zero-order valence-corrected chi connectivity index (χ0v) is 9.59. The van der Waals surface area contributed by atoms with E-state index >= 15 is 0 Å². The molecular weight excluding hydrogens is 224 g/mol. The van der Waals surface area contributed by atoms with E-state index in [9.17, 15) is 4.79 Å². The summed E-state index contributed by atoms with van der Waals surface area (Å²) in [6, 6.07) is 4.91.